The van der Waals surface area contributed by atoms with E-state index in [2.05, 4.69) is 9.97 Å². The highest BCUT2D eigenvalue weighted by Crippen LogP contribution is 2.33. The Labute approximate surface area is 99.9 Å². The number of rotatable bonds is 3. The minimum absolute atomic E-state index is 0.490. The van der Waals surface area contributed by atoms with Crippen LogP contribution in [0.3, 0.4) is 0 Å². The van der Waals surface area contributed by atoms with Gasteiger partial charge in [-0.05, 0) is 13.0 Å². The zero-order chi connectivity index (χ0) is 12.3. The Bertz CT molecular complexity index is 498. The lowest BCUT2D eigenvalue weighted by molar-refractivity contribution is 0.0938. The van der Waals surface area contributed by atoms with Crippen molar-refractivity contribution < 1.29 is 9.84 Å². The van der Waals surface area contributed by atoms with Crippen molar-refractivity contribution in [1.82, 2.24) is 9.97 Å². The summed E-state index contributed by atoms with van der Waals surface area (Å²) in [5.74, 6) is 0.628. The van der Waals surface area contributed by atoms with E-state index in [4.69, 9.17) is 4.74 Å². The lowest BCUT2D eigenvalue weighted by atomic mass is 9.92. The summed E-state index contributed by atoms with van der Waals surface area (Å²) in [6, 6.07) is 7.32. The number of hydrogen-bond acceptors (Lipinski definition) is 4. The van der Waals surface area contributed by atoms with Gasteiger partial charge in [-0.2, -0.15) is 0 Å². The highest BCUT2D eigenvalue weighted by molar-refractivity contribution is 5.41. The summed E-state index contributed by atoms with van der Waals surface area (Å²) in [5, 5.41) is 10.6. The average Bonchev–Trinajstić information content (AvgIpc) is 2.39. The Morgan fingerprint density at radius 3 is 2.65 bits per heavy atom. The van der Waals surface area contributed by atoms with Crippen LogP contribution >= 0.6 is 0 Å². The van der Waals surface area contributed by atoms with Crippen molar-refractivity contribution in [2.24, 2.45) is 0 Å². The lowest BCUT2D eigenvalue weighted by Crippen LogP contribution is -2.25. The molecule has 1 aromatic heterocycles. The molecule has 0 aliphatic rings. The van der Waals surface area contributed by atoms with E-state index in [1.807, 2.05) is 18.2 Å². The average molecular weight is 230 g/mol. The standard InChI is InChI=1S/C13H14N2O2/c1-13(16,12-9-14-7-8-15-12)10-5-3-4-6-11(10)17-2/h3-9,16H,1-2H3. The number of methoxy groups -OCH3 is 1. The Hall–Kier alpha value is -1.94. The third-order valence-electron chi connectivity index (χ3n) is 2.69. The molecule has 17 heavy (non-hydrogen) atoms. The second kappa shape index (κ2) is 4.51. The molecule has 0 aliphatic heterocycles. The Morgan fingerprint density at radius 2 is 2.00 bits per heavy atom. The van der Waals surface area contributed by atoms with Gasteiger partial charge in [-0.25, -0.2) is 0 Å². The number of para-hydroxylation sites is 1. The topological polar surface area (TPSA) is 55.2 Å². The summed E-state index contributed by atoms with van der Waals surface area (Å²) in [4.78, 5) is 8.10. The van der Waals surface area contributed by atoms with Crippen LogP contribution in [0.15, 0.2) is 42.9 Å². The van der Waals surface area contributed by atoms with Crippen LogP contribution in [0, 0.1) is 0 Å². The first kappa shape index (κ1) is 11.5. The number of nitrogens with zero attached hydrogens (tertiary/aromatic N) is 2. The van der Waals surface area contributed by atoms with Crippen molar-refractivity contribution in [2.75, 3.05) is 7.11 Å². The predicted molar refractivity (Wildman–Crippen MR) is 63.7 cm³/mol. The molecule has 1 N–H and O–H groups in total. The normalized spacial score (nSPS) is 14.1. The Morgan fingerprint density at radius 1 is 1.24 bits per heavy atom. The molecule has 4 nitrogen and oxygen atoms in total. The van der Waals surface area contributed by atoms with E-state index in [1.165, 1.54) is 0 Å². The fourth-order valence-corrected chi connectivity index (χ4v) is 1.74. The highest BCUT2D eigenvalue weighted by Gasteiger charge is 2.30. The van der Waals surface area contributed by atoms with Gasteiger partial charge in [-0.1, -0.05) is 18.2 Å². The van der Waals surface area contributed by atoms with Gasteiger partial charge in [0.15, 0.2) is 0 Å². The minimum Gasteiger partial charge on any atom is -0.496 e. The van der Waals surface area contributed by atoms with E-state index in [9.17, 15) is 5.11 Å². The molecule has 0 fully saturated rings. The molecule has 0 amide bonds. The molecule has 0 saturated heterocycles. The Kier molecular flexibility index (Phi) is 3.06. The summed E-state index contributed by atoms with van der Waals surface area (Å²) in [5.41, 5.74) is -0.0616. The van der Waals surface area contributed by atoms with Crippen LogP contribution in [0.4, 0.5) is 0 Å². The molecule has 1 heterocycles. The molecule has 0 bridgehead atoms. The monoisotopic (exact) mass is 230 g/mol. The van der Waals surface area contributed by atoms with Gasteiger partial charge in [-0.15, -0.1) is 0 Å². The summed E-state index contributed by atoms with van der Waals surface area (Å²) < 4.78 is 5.24. The van der Waals surface area contributed by atoms with Gasteiger partial charge in [0, 0.05) is 18.0 Å². The van der Waals surface area contributed by atoms with E-state index < -0.39 is 5.60 Å². The molecule has 4 heteroatoms. The highest BCUT2D eigenvalue weighted by atomic mass is 16.5. The van der Waals surface area contributed by atoms with Gasteiger partial charge in [0.05, 0.1) is 19.0 Å². The SMILES string of the molecule is COc1ccccc1C(C)(O)c1cnccn1. The van der Waals surface area contributed by atoms with Crippen molar-refractivity contribution in [3.63, 3.8) is 0 Å². The molecular formula is C13H14N2O2. The second-order valence-electron chi connectivity index (χ2n) is 3.86. The van der Waals surface area contributed by atoms with Crippen LogP contribution in [0.25, 0.3) is 0 Å². The molecule has 2 rings (SSSR count). The maximum absolute atomic E-state index is 10.6. The van der Waals surface area contributed by atoms with Crippen molar-refractivity contribution in [3.05, 3.63) is 54.1 Å². The van der Waals surface area contributed by atoms with Crippen molar-refractivity contribution in [2.45, 2.75) is 12.5 Å². The number of hydrogen-bond donors (Lipinski definition) is 1. The van der Waals surface area contributed by atoms with Crippen LogP contribution < -0.4 is 4.74 Å². The van der Waals surface area contributed by atoms with Gasteiger partial charge in [0.25, 0.3) is 0 Å². The molecule has 0 spiro atoms. The number of aliphatic hydroxyl groups is 1. The van der Waals surface area contributed by atoms with E-state index in [0.717, 1.165) is 0 Å². The van der Waals surface area contributed by atoms with E-state index in [0.29, 0.717) is 17.0 Å². The fraction of sp³-hybridized carbons (Fsp3) is 0.231. The summed E-state index contributed by atoms with van der Waals surface area (Å²) in [7, 11) is 1.57. The van der Waals surface area contributed by atoms with Crippen LogP contribution in [-0.4, -0.2) is 22.2 Å². The first-order chi connectivity index (χ1) is 8.16. The zero-order valence-electron chi connectivity index (χ0n) is 9.79. The van der Waals surface area contributed by atoms with Crippen molar-refractivity contribution >= 4 is 0 Å². The van der Waals surface area contributed by atoms with Gasteiger partial charge >= 0.3 is 0 Å². The van der Waals surface area contributed by atoms with Crippen LogP contribution in [-0.2, 0) is 5.60 Å². The van der Waals surface area contributed by atoms with Gasteiger partial charge in [-0.3, -0.25) is 9.97 Å². The first-order valence-corrected chi connectivity index (χ1v) is 5.28. The van der Waals surface area contributed by atoms with Crippen LogP contribution in [0.1, 0.15) is 18.2 Å². The van der Waals surface area contributed by atoms with Gasteiger partial charge in [0.2, 0.25) is 0 Å². The molecule has 1 atom stereocenters. The van der Waals surface area contributed by atoms with E-state index >= 15 is 0 Å². The largest absolute Gasteiger partial charge is 0.496 e. The lowest BCUT2D eigenvalue weighted by Gasteiger charge is -2.24. The third-order valence-corrected chi connectivity index (χ3v) is 2.69. The summed E-state index contributed by atoms with van der Waals surface area (Å²) in [6.07, 6.45) is 4.67. The molecule has 1 unspecified atom stereocenters. The summed E-state index contributed by atoms with van der Waals surface area (Å²) >= 11 is 0. The predicted octanol–water partition coefficient (Wildman–Crippen LogP) is 1.74. The molecule has 2 aromatic rings. The molecule has 88 valence electrons. The second-order valence-corrected chi connectivity index (χ2v) is 3.86. The maximum Gasteiger partial charge on any atom is 0.134 e. The zero-order valence-corrected chi connectivity index (χ0v) is 9.79. The van der Waals surface area contributed by atoms with Crippen molar-refractivity contribution in [1.29, 1.82) is 0 Å². The molecular weight excluding hydrogens is 216 g/mol. The fourth-order valence-electron chi connectivity index (χ4n) is 1.74. The van der Waals surface area contributed by atoms with Gasteiger partial charge < -0.3 is 9.84 Å². The molecule has 0 radical (unpaired) electrons. The van der Waals surface area contributed by atoms with Gasteiger partial charge in [0.1, 0.15) is 11.4 Å². The quantitative estimate of drug-likeness (QED) is 0.872. The maximum atomic E-state index is 10.6. The van der Waals surface area contributed by atoms with Crippen LogP contribution in [0.5, 0.6) is 5.75 Å². The Balaban J connectivity index is 2.51. The number of benzene rings is 1. The van der Waals surface area contributed by atoms with Crippen molar-refractivity contribution in [3.8, 4) is 5.75 Å². The first-order valence-electron chi connectivity index (χ1n) is 5.28. The summed E-state index contributed by atoms with van der Waals surface area (Å²) in [6.45, 7) is 1.68. The van der Waals surface area contributed by atoms with E-state index in [1.54, 1.807) is 38.7 Å². The minimum atomic E-state index is -1.22. The molecule has 1 aromatic carbocycles. The molecule has 0 saturated carbocycles. The van der Waals surface area contributed by atoms with E-state index in [-0.39, 0.29) is 0 Å². The third kappa shape index (κ3) is 2.12. The number of ether oxygens (including phenoxy) is 1. The number of aromatic nitrogens is 2. The molecule has 0 aliphatic carbocycles. The smallest absolute Gasteiger partial charge is 0.134 e. The van der Waals surface area contributed by atoms with Crippen LogP contribution in [0.2, 0.25) is 0 Å².